The Morgan fingerprint density at radius 1 is 0.306 bits per heavy atom. The zero-order chi connectivity index (χ0) is 40.7. The molecular weight excluding hydrogens is 757 g/mol. The van der Waals surface area contributed by atoms with E-state index < -0.39 is 0 Å². The third-order valence-corrected chi connectivity index (χ3v) is 12.4. The Kier molecular flexibility index (Phi) is 7.54. The SMILES string of the molecule is c1ccc(-c2cccc(-c3nc(-c4ccc5c(ccc6ccccc65)c4)nc(-c4cc5oc6ccccc6c5cc4-n4c5ccccc5c5cc6ccccc6cc54)n3)c2)cc1. The van der Waals surface area contributed by atoms with Gasteiger partial charge in [-0.05, 0) is 92.0 Å². The number of benzene rings is 10. The molecule has 3 aromatic heterocycles. The molecule has 0 aliphatic carbocycles. The Labute approximate surface area is 355 Å². The minimum Gasteiger partial charge on any atom is -0.456 e. The zero-order valence-corrected chi connectivity index (χ0v) is 33.3. The van der Waals surface area contributed by atoms with Crippen molar-refractivity contribution >= 4 is 76.1 Å². The van der Waals surface area contributed by atoms with Crippen LogP contribution in [0.4, 0.5) is 0 Å². The second kappa shape index (κ2) is 13.6. The molecular formula is C57H34N4O. The lowest BCUT2D eigenvalue weighted by Gasteiger charge is -2.16. The molecule has 5 nitrogen and oxygen atoms in total. The van der Waals surface area contributed by atoms with Gasteiger partial charge in [0.05, 0.1) is 16.7 Å². The number of fused-ring (bicyclic) bond motifs is 10. The highest BCUT2D eigenvalue weighted by Gasteiger charge is 2.23. The summed E-state index contributed by atoms with van der Waals surface area (Å²) in [5.41, 5.74) is 9.61. The van der Waals surface area contributed by atoms with Gasteiger partial charge >= 0.3 is 0 Å². The van der Waals surface area contributed by atoms with E-state index in [9.17, 15) is 0 Å². The van der Waals surface area contributed by atoms with E-state index in [0.29, 0.717) is 17.5 Å². The van der Waals surface area contributed by atoms with Crippen LogP contribution in [0, 0.1) is 0 Å². The molecule has 0 saturated heterocycles. The van der Waals surface area contributed by atoms with E-state index in [1.807, 2.05) is 18.2 Å². The first-order valence-electron chi connectivity index (χ1n) is 20.9. The number of rotatable bonds is 5. The molecule has 13 rings (SSSR count). The van der Waals surface area contributed by atoms with Crippen LogP contribution in [0.5, 0.6) is 0 Å². The van der Waals surface area contributed by atoms with Gasteiger partial charge in [-0.2, -0.15) is 0 Å². The van der Waals surface area contributed by atoms with Gasteiger partial charge in [0.25, 0.3) is 0 Å². The van der Waals surface area contributed by atoms with E-state index >= 15 is 0 Å². The number of para-hydroxylation sites is 2. The normalized spacial score (nSPS) is 11.9. The van der Waals surface area contributed by atoms with Gasteiger partial charge in [0.15, 0.2) is 17.5 Å². The topological polar surface area (TPSA) is 56.7 Å². The summed E-state index contributed by atoms with van der Waals surface area (Å²) >= 11 is 0. The van der Waals surface area contributed by atoms with Gasteiger partial charge in [0.1, 0.15) is 11.2 Å². The van der Waals surface area contributed by atoms with Crippen LogP contribution in [0.15, 0.2) is 211 Å². The van der Waals surface area contributed by atoms with Crippen molar-refractivity contribution in [2.45, 2.75) is 0 Å². The lowest BCUT2D eigenvalue weighted by atomic mass is 10.00. The van der Waals surface area contributed by atoms with E-state index in [4.69, 9.17) is 19.4 Å². The lowest BCUT2D eigenvalue weighted by Crippen LogP contribution is -2.04. The summed E-state index contributed by atoms with van der Waals surface area (Å²) in [4.78, 5) is 16.1. The van der Waals surface area contributed by atoms with Gasteiger partial charge in [0, 0.05) is 38.2 Å². The van der Waals surface area contributed by atoms with Crippen molar-refractivity contribution in [3.05, 3.63) is 206 Å². The van der Waals surface area contributed by atoms with Gasteiger partial charge in [-0.15, -0.1) is 0 Å². The Balaban J connectivity index is 1.12. The molecule has 13 aromatic rings. The average Bonchev–Trinajstić information content (AvgIpc) is 3.87. The predicted molar refractivity (Wildman–Crippen MR) is 256 cm³/mol. The molecule has 288 valence electrons. The predicted octanol–water partition coefficient (Wildman–Crippen LogP) is 15.0. The van der Waals surface area contributed by atoms with Gasteiger partial charge in [-0.1, -0.05) is 158 Å². The molecule has 0 spiro atoms. The summed E-state index contributed by atoms with van der Waals surface area (Å²) in [5, 5.41) is 11.6. The smallest absolute Gasteiger partial charge is 0.166 e. The van der Waals surface area contributed by atoms with Crippen molar-refractivity contribution in [2.24, 2.45) is 0 Å². The summed E-state index contributed by atoms with van der Waals surface area (Å²) in [6.07, 6.45) is 0. The minimum atomic E-state index is 0.554. The molecule has 0 saturated carbocycles. The highest BCUT2D eigenvalue weighted by Crippen LogP contribution is 2.42. The molecule has 3 heterocycles. The Morgan fingerprint density at radius 3 is 1.79 bits per heavy atom. The van der Waals surface area contributed by atoms with E-state index in [2.05, 4.69) is 193 Å². The fraction of sp³-hybridized carbons (Fsp3) is 0. The lowest BCUT2D eigenvalue weighted by molar-refractivity contribution is 0.669. The maximum atomic E-state index is 6.62. The molecule has 0 unspecified atom stereocenters. The number of hydrogen-bond acceptors (Lipinski definition) is 4. The van der Waals surface area contributed by atoms with Crippen LogP contribution in [-0.2, 0) is 0 Å². The molecule has 0 aliphatic heterocycles. The Morgan fingerprint density at radius 2 is 0.935 bits per heavy atom. The summed E-state index contributed by atoms with van der Waals surface area (Å²) in [6.45, 7) is 0. The third-order valence-electron chi connectivity index (χ3n) is 12.4. The second-order valence-corrected chi connectivity index (χ2v) is 16.0. The molecule has 0 N–H and O–H groups in total. The quantitative estimate of drug-likeness (QED) is 0.163. The van der Waals surface area contributed by atoms with Crippen LogP contribution >= 0.6 is 0 Å². The molecule has 0 radical (unpaired) electrons. The van der Waals surface area contributed by atoms with Crippen LogP contribution in [0.2, 0.25) is 0 Å². The van der Waals surface area contributed by atoms with Crippen LogP contribution in [0.25, 0.3) is 127 Å². The first kappa shape index (κ1) is 34.5. The van der Waals surface area contributed by atoms with Crippen molar-refractivity contribution in [2.75, 3.05) is 0 Å². The van der Waals surface area contributed by atoms with Crippen LogP contribution < -0.4 is 0 Å². The highest BCUT2D eigenvalue weighted by molar-refractivity contribution is 6.15. The largest absolute Gasteiger partial charge is 0.456 e. The summed E-state index contributed by atoms with van der Waals surface area (Å²) in [7, 11) is 0. The second-order valence-electron chi connectivity index (χ2n) is 16.0. The third kappa shape index (κ3) is 5.45. The molecule has 0 aliphatic rings. The van der Waals surface area contributed by atoms with Crippen LogP contribution in [0.1, 0.15) is 0 Å². The van der Waals surface area contributed by atoms with Gasteiger partial charge in [-0.3, -0.25) is 0 Å². The van der Waals surface area contributed by atoms with Gasteiger partial charge in [-0.25, -0.2) is 15.0 Å². The highest BCUT2D eigenvalue weighted by atomic mass is 16.3. The fourth-order valence-electron chi connectivity index (χ4n) is 9.41. The van der Waals surface area contributed by atoms with E-state index in [0.717, 1.165) is 71.9 Å². The van der Waals surface area contributed by atoms with Gasteiger partial charge < -0.3 is 8.98 Å². The van der Waals surface area contributed by atoms with E-state index in [1.165, 1.54) is 37.7 Å². The van der Waals surface area contributed by atoms with Crippen LogP contribution in [-0.4, -0.2) is 19.5 Å². The first-order chi connectivity index (χ1) is 30.7. The number of nitrogens with zero attached hydrogens (tertiary/aromatic N) is 4. The molecule has 10 aromatic carbocycles. The van der Waals surface area contributed by atoms with Crippen LogP contribution in [0.3, 0.4) is 0 Å². The number of hydrogen-bond donors (Lipinski definition) is 0. The van der Waals surface area contributed by atoms with Crippen molar-refractivity contribution in [3.63, 3.8) is 0 Å². The van der Waals surface area contributed by atoms with Gasteiger partial charge in [0.2, 0.25) is 0 Å². The van der Waals surface area contributed by atoms with Crippen molar-refractivity contribution in [1.29, 1.82) is 0 Å². The molecule has 5 heteroatoms. The van der Waals surface area contributed by atoms with E-state index in [1.54, 1.807) is 0 Å². The average molecular weight is 791 g/mol. The van der Waals surface area contributed by atoms with Crippen molar-refractivity contribution in [3.8, 4) is 51.0 Å². The number of aromatic nitrogens is 4. The zero-order valence-electron chi connectivity index (χ0n) is 33.3. The molecule has 62 heavy (non-hydrogen) atoms. The number of furan rings is 1. The maximum Gasteiger partial charge on any atom is 0.166 e. The summed E-state index contributed by atoms with van der Waals surface area (Å²) in [5.74, 6) is 1.73. The molecule has 0 atom stereocenters. The standard InChI is InChI=1S/C57H34N4O/c1-2-13-35(14-3-1)37-18-12-19-41(29-37)55-58-56(42-27-28-44-40(30-42)26-25-36-15-6-7-20-43(36)44)60-57(59-55)49-34-54-48(46-22-9-11-24-53(46)62-54)33-52(49)61-50-23-10-8-21-45(50)47-31-38-16-4-5-17-39(38)32-51(47)61/h1-34H. The van der Waals surface area contributed by atoms with E-state index in [-0.39, 0.29) is 0 Å². The summed E-state index contributed by atoms with van der Waals surface area (Å²) in [6, 6.07) is 72.8. The molecule has 0 amide bonds. The Bertz CT molecular complexity index is 3940. The monoisotopic (exact) mass is 790 g/mol. The van der Waals surface area contributed by atoms with Crippen molar-refractivity contribution in [1.82, 2.24) is 19.5 Å². The minimum absolute atomic E-state index is 0.554. The molecule has 0 bridgehead atoms. The first-order valence-corrected chi connectivity index (χ1v) is 20.9. The Hall–Kier alpha value is -8.41. The maximum absolute atomic E-state index is 6.62. The fourth-order valence-corrected chi connectivity index (χ4v) is 9.41. The molecule has 0 fully saturated rings. The van der Waals surface area contributed by atoms with Crippen molar-refractivity contribution < 1.29 is 4.42 Å². The summed E-state index contributed by atoms with van der Waals surface area (Å²) < 4.78 is 9.00.